The molecule has 0 bridgehead atoms. The Balaban J connectivity index is 2.61. The normalized spacial score (nSPS) is 11.9. The molecule has 17 heavy (non-hydrogen) atoms. The topological polar surface area (TPSA) is 104 Å². The Morgan fingerprint density at radius 1 is 1.18 bits per heavy atom. The summed E-state index contributed by atoms with van der Waals surface area (Å²) >= 11 is 0. The van der Waals surface area contributed by atoms with Crippen molar-refractivity contribution in [3.8, 4) is 0 Å². The third-order valence-corrected chi connectivity index (χ3v) is 1.99. The molecule has 3 N–H and O–H groups in total. The van der Waals surface area contributed by atoms with Gasteiger partial charge in [0.25, 0.3) is 0 Å². The fraction of sp³-hybridized carbons (Fsp3) is 0.273. The summed E-state index contributed by atoms with van der Waals surface area (Å²) in [7, 11) is 0. The van der Waals surface area contributed by atoms with Gasteiger partial charge in [-0.15, -0.1) is 0 Å². The minimum absolute atomic E-state index is 0.0666. The number of aromatic carboxylic acids is 1. The molecule has 0 heterocycles. The largest absolute Gasteiger partial charge is 0.478 e. The SMILES string of the molecule is O=C(O)c1ccc(C(=O)OCC(O)CO)cc1. The van der Waals surface area contributed by atoms with Crippen LogP contribution in [0, 0.1) is 0 Å². The molecular formula is C11H12O6. The van der Waals surface area contributed by atoms with Crippen molar-refractivity contribution >= 4 is 11.9 Å². The first-order chi connectivity index (χ1) is 8.04. The molecule has 1 aromatic rings. The number of carboxylic acids is 1. The lowest BCUT2D eigenvalue weighted by Gasteiger charge is -2.08. The van der Waals surface area contributed by atoms with Crippen LogP contribution < -0.4 is 0 Å². The van der Waals surface area contributed by atoms with Crippen molar-refractivity contribution < 1.29 is 29.6 Å². The predicted molar refractivity (Wildman–Crippen MR) is 56.8 cm³/mol. The molecule has 0 aliphatic heterocycles. The molecule has 1 rings (SSSR count). The number of aliphatic hydroxyl groups is 2. The molecule has 92 valence electrons. The van der Waals surface area contributed by atoms with Crippen molar-refractivity contribution in [1.82, 2.24) is 0 Å². The molecule has 0 aliphatic carbocycles. The molecule has 0 amide bonds. The fourth-order valence-corrected chi connectivity index (χ4v) is 1.06. The van der Waals surface area contributed by atoms with E-state index in [0.29, 0.717) is 0 Å². The standard InChI is InChI=1S/C11H12O6/c12-5-9(13)6-17-11(16)8-3-1-7(2-4-8)10(14)15/h1-4,9,12-13H,5-6H2,(H,14,15). The van der Waals surface area contributed by atoms with Crippen molar-refractivity contribution in [3.63, 3.8) is 0 Å². The van der Waals surface area contributed by atoms with E-state index < -0.39 is 24.6 Å². The highest BCUT2D eigenvalue weighted by Gasteiger charge is 2.11. The average Bonchev–Trinajstić information content (AvgIpc) is 2.35. The van der Waals surface area contributed by atoms with Crippen molar-refractivity contribution in [2.75, 3.05) is 13.2 Å². The quantitative estimate of drug-likeness (QED) is 0.620. The van der Waals surface area contributed by atoms with Gasteiger partial charge in [0.1, 0.15) is 12.7 Å². The molecule has 0 aromatic heterocycles. The molecule has 1 atom stereocenters. The lowest BCUT2D eigenvalue weighted by Crippen LogP contribution is -2.21. The molecule has 0 saturated heterocycles. The Hall–Kier alpha value is -1.92. The maximum Gasteiger partial charge on any atom is 0.338 e. The Morgan fingerprint density at radius 2 is 1.71 bits per heavy atom. The van der Waals surface area contributed by atoms with Gasteiger partial charge in [0.15, 0.2) is 0 Å². The van der Waals surface area contributed by atoms with Gasteiger partial charge in [-0.25, -0.2) is 9.59 Å². The van der Waals surface area contributed by atoms with Crippen LogP contribution in [0.2, 0.25) is 0 Å². The number of carbonyl (C=O) groups is 2. The minimum atomic E-state index is -1.11. The van der Waals surface area contributed by atoms with Crippen LogP contribution in [0.5, 0.6) is 0 Å². The Labute approximate surface area is 97.1 Å². The van der Waals surface area contributed by atoms with Gasteiger partial charge in [0.05, 0.1) is 17.7 Å². The summed E-state index contributed by atoms with van der Waals surface area (Å²) in [6.45, 7) is -0.804. The van der Waals surface area contributed by atoms with E-state index in [2.05, 4.69) is 4.74 Å². The summed E-state index contributed by atoms with van der Waals surface area (Å²) in [5, 5.41) is 26.1. The van der Waals surface area contributed by atoms with Crippen LogP contribution in [-0.2, 0) is 4.74 Å². The smallest absolute Gasteiger partial charge is 0.338 e. The predicted octanol–water partition coefficient (Wildman–Crippen LogP) is -0.105. The second-order valence-electron chi connectivity index (χ2n) is 3.32. The molecule has 0 saturated carbocycles. The van der Waals surface area contributed by atoms with Gasteiger partial charge >= 0.3 is 11.9 Å². The number of carboxylic acid groups (broad SMARTS) is 1. The number of rotatable bonds is 5. The van der Waals surface area contributed by atoms with Crippen molar-refractivity contribution in [1.29, 1.82) is 0 Å². The Morgan fingerprint density at radius 3 is 2.18 bits per heavy atom. The second-order valence-corrected chi connectivity index (χ2v) is 3.32. The monoisotopic (exact) mass is 240 g/mol. The van der Waals surface area contributed by atoms with Gasteiger partial charge in [-0.1, -0.05) is 0 Å². The third kappa shape index (κ3) is 3.86. The minimum Gasteiger partial charge on any atom is -0.478 e. The number of carbonyl (C=O) groups excluding carboxylic acids is 1. The molecular weight excluding hydrogens is 228 g/mol. The van der Waals surface area contributed by atoms with Crippen molar-refractivity contribution in [2.45, 2.75) is 6.10 Å². The van der Waals surface area contributed by atoms with Crippen LogP contribution in [-0.4, -0.2) is 46.6 Å². The van der Waals surface area contributed by atoms with E-state index in [4.69, 9.17) is 15.3 Å². The van der Waals surface area contributed by atoms with Crippen molar-refractivity contribution in [3.05, 3.63) is 35.4 Å². The highest BCUT2D eigenvalue weighted by molar-refractivity contribution is 5.92. The second kappa shape index (κ2) is 5.97. The summed E-state index contributed by atoms with van der Waals surface area (Å²) in [6.07, 6.45) is -1.11. The maximum atomic E-state index is 11.4. The average molecular weight is 240 g/mol. The van der Waals surface area contributed by atoms with E-state index in [1.807, 2.05) is 0 Å². The van der Waals surface area contributed by atoms with E-state index in [0.717, 1.165) is 0 Å². The summed E-state index contributed by atoms with van der Waals surface area (Å²) < 4.78 is 4.68. The van der Waals surface area contributed by atoms with Gasteiger partial charge in [-0.2, -0.15) is 0 Å². The Kier molecular flexibility index (Phi) is 4.62. The number of esters is 1. The van der Waals surface area contributed by atoms with E-state index >= 15 is 0 Å². The highest BCUT2D eigenvalue weighted by atomic mass is 16.5. The van der Waals surface area contributed by atoms with Gasteiger partial charge in [0, 0.05) is 0 Å². The van der Waals surface area contributed by atoms with E-state index in [1.54, 1.807) is 0 Å². The zero-order valence-corrected chi connectivity index (χ0v) is 8.87. The van der Waals surface area contributed by atoms with Crippen LogP contribution in [0.15, 0.2) is 24.3 Å². The molecule has 6 nitrogen and oxygen atoms in total. The number of hydrogen-bond donors (Lipinski definition) is 3. The van der Waals surface area contributed by atoms with Gasteiger partial charge in [-0.3, -0.25) is 0 Å². The van der Waals surface area contributed by atoms with E-state index in [9.17, 15) is 9.59 Å². The summed E-state index contributed by atoms with van der Waals surface area (Å²) in [6, 6.07) is 5.19. The molecule has 1 aromatic carbocycles. The summed E-state index contributed by atoms with van der Waals surface area (Å²) in [5.74, 6) is -1.77. The highest BCUT2D eigenvalue weighted by Crippen LogP contribution is 2.06. The first-order valence-corrected chi connectivity index (χ1v) is 4.84. The van der Waals surface area contributed by atoms with Crippen LogP contribution >= 0.6 is 0 Å². The maximum absolute atomic E-state index is 11.4. The number of benzene rings is 1. The third-order valence-electron chi connectivity index (χ3n) is 1.99. The Bertz CT molecular complexity index is 397. The fourth-order valence-electron chi connectivity index (χ4n) is 1.06. The van der Waals surface area contributed by atoms with Gasteiger partial charge in [-0.05, 0) is 24.3 Å². The number of ether oxygens (including phenoxy) is 1. The lowest BCUT2D eigenvalue weighted by molar-refractivity contribution is 0.00931. The summed E-state index contributed by atoms with van der Waals surface area (Å²) in [5.41, 5.74) is 0.247. The van der Waals surface area contributed by atoms with Crippen LogP contribution in [0.1, 0.15) is 20.7 Å². The number of aliphatic hydroxyl groups excluding tert-OH is 2. The molecule has 6 heteroatoms. The zero-order chi connectivity index (χ0) is 12.8. The van der Waals surface area contributed by atoms with Gasteiger partial charge < -0.3 is 20.1 Å². The molecule has 1 unspecified atom stereocenters. The van der Waals surface area contributed by atoms with Crippen LogP contribution in [0.4, 0.5) is 0 Å². The first kappa shape index (κ1) is 13.1. The number of hydrogen-bond acceptors (Lipinski definition) is 5. The summed E-state index contributed by atoms with van der Waals surface area (Å²) in [4.78, 5) is 21.9. The molecule has 0 aliphatic rings. The molecule has 0 fully saturated rings. The van der Waals surface area contributed by atoms with E-state index in [-0.39, 0.29) is 17.7 Å². The lowest BCUT2D eigenvalue weighted by atomic mass is 10.1. The van der Waals surface area contributed by atoms with E-state index in [1.165, 1.54) is 24.3 Å². The first-order valence-electron chi connectivity index (χ1n) is 4.84. The zero-order valence-electron chi connectivity index (χ0n) is 8.87. The molecule has 0 spiro atoms. The molecule has 0 radical (unpaired) electrons. The van der Waals surface area contributed by atoms with Crippen LogP contribution in [0.25, 0.3) is 0 Å². The van der Waals surface area contributed by atoms with Crippen LogP contribution in [0.3, 0.4) is 0 Å². The van der Waals surface area contributed by atoms with Crippen molar-refractivity contribution in [2.24, 2.45) is 0 Å². The van der Waals surface area contributed by atoms with Gasteiger partial charge in [0.2, 0.25) is 0 Å².